The van der Waals surface area contributed by atoms with E-state index < -0.39 is 0 Å². The highest BCUT2D eigenvalue weighted by Crippen LogP contribution is 2.10. The first-order chi connectivity index (χ1) is 8.25. The van der Waals surface area contributed by atoms with Crippen LogP contribution in [-0.4, -0.2) is 30.3 Å². The number of carbonyl (C=O) groups is 1. The molecule has 92 valence electrons. The molecule has 2 rings (SSSR count). The third-order valence-electron chi connectivity index (χ3n) is 2.49. The van der Waals surface area contributed by atoms with Gasteiger partial charge in [0.1, 0.15) is 0 Å². The molecule has 0 radical (unpaired) electrons. The van der Waals surface area contributed by atoms with Gasteiger partial charge in [-0.3, -0.25) is 10.1 Å². The Morgan fingerprint density at radius 2 is 2.47 bits per heavy atom. The summed E-state index contributed by atoms with van der Waals surface area (Å²) in [5, 5.41) is 5.78. The second-order valence-corrected chi connectivity index (χ2v) is 4.18. The first-order valence-electron chi connectivity index (χ1n) is 5.50. The van der Waals surface area contributed by atoms with E-state index >= 15 is 0 Å². The van der Waals surface area contributed by atoms with Gasteiger partial charge >= 0.3 is 0 Å². The normalized spacial score (nSPS) is 18.9. The summed E-state index contributed by atoms with van der Waals surface area (Å²) in [5.74, 6) is -0.105. The van der Waals surface area contributed by atoms with Crippen LogP contribution >= 0.6 is 12.2 Å². The van der Waals surface area contributed by atoms with Crippen LogP contribution in [0, 0.1) is 0 Å². The number of hydrogen-bond donors (Lipinski definition) is 2. The van der Waals surface area contributed by atoms with Crippen LogP contribution in [0.3, 0.4) is 0 Å². The number of ether oxygens (including phenoxy) is 1. The van der Waals surface area contributed by atoms with Gasteiger partial charge in [0, 0.05) is 13.2 Å². The summed E-state index contributed by atoms with van der Waals surface area (Å²) in [6.07, 6.45) is 3.74. The second kappa shape index (κ2) is 5.79. The molecule has 17 heavy (non-hydrogen) atoms. The Bertz CT molecular complexity index is 385. The van der Waals surface area contributed by atoms with E-state index in [0.717, 1.165) is 19.4 Å². The van der Waals surface area contributed by atoms with E-state index in [-0.39, 0.29) is 17.8 Å². The lowest BCUT2D eigenvalue weighted by atomic mass is 10.2. The maximum Gasteiger partial charge on any atom is 0.293 e. The standard InChI is InChI=1S/C11H14N2O3S/c14-10(9-4-2-6-16-9)13-11(17)12-7-8-3-1-5-15-8/h2,4,6,8H,1,3,5,7H2,(H2,12,13,14,17)/t8-/m1/s1. The Balaban J connectivity index is 1.71. The van der Waals surface area contributed by atoms with Crippen LogP contribution in [-0.2, 0) is 4.74 Å². The molecule has 0 bridgehead atoms. The van der Waals surface area contributed by atoms with Gasteiger partial charge in [-0.1, -0.05) is 0 Å². The number of furan rings is 1. The zero-order valence-corrected chi connectivity index (χ0v) is 10.1. The van der Waals surface area contributed by atoms with Crippen molar-refractivity contribution in [2.24, 2.45) is 0 Å². The first-order valence-corrected chi connectivity index (χ1v) is 5.91. The smallest absolute Gasteiger partial charge is 0.293 e. The topological polar surface area (TPSA) is 63.5 Å². The molecular formula is C11H14N2O3S. The Hall–Kier alpha value is -1.40. The second-order valence-electron chi connectivity index (χ2n) is 3.78. The molecule has 0 aromatic carbocycles. The van der Waals surface area contributed by atoms with E-state index in [4.69, 9.17) is 21.4 Å². The van der Waals surface area contributed by atoms with Gasteiger partial charge in [-0.2, -0.15) is 0 Å². The minimum absolute atomic E-state index is 0.188. The fourth-order valence-corrected chi connectivity index (χ4v) is 1.80. The van der Waals surface area contributed by atoms with Crippen LogP contribution in [0.25, 0.3) is 0 Å². The van der Waals surface area contributed by atoms with E-state index in [1.165, 1.54) is 6.26 Å². The summed E-state index contributed by atoms with van der Waals surface area (Å²) in [4.78, 5) is 11.5. The molecular weight excluding hydrogens is 240 g/mol. The fourth-order valence-electron chi connectivity index (χ4n) is 1.63. The molecule has 6 heteroatoms. The summed E-state index contributed by atoms with van der Waals surface area (Å²) < 4.78 is 10.4. The zero-order valence-electron chi connectivity index (χ0n) is 9.27. The first kappa shape index (κ1) is 12.1. The van der Waals surface area contributed by atoms with Crippen molar-refractivity contribution < 1.29 is 13.9 Å². The number of rotatable bonds is 3. The largest absolute Gasteiger partial charge is 0.459 e. The van der Waals surface area contributed by atoms with Crippen molar-refractivity contribution in [3.8, 4) is 0 Å². The van der Waals surface area contributed by atoms with Crippen LogP contribution in [0.1, 0.15) is 23.4 Å². The van der Waals surface area contributed by atoms with E-state index in [2.05, 4.69) is 10.6 Å². The molecule has 1 fully saturated rings. The predicted molar refractivity (Wildman–Crippen MR) is 65.7 cm³/mol. The summed E-state index contributed by atoms with van der Waals surface area (Å²) in [7, 11) is 0. The molecule has 1 atom stereocenters. The van der Waals surface area contributed by atoms with Crippen LogP contribution in [0.5, 0.6) is 0 Å². The highest BCUT2D eigenvalue weighted by atomic mass is 32.1. The van der Waals surface area contributed by atoms with Crippen molar-refractivity contribution in [1.29, 1.82) is 0 Å². The quantitative estimate of drug-likeness (QED) is 0.790. The van der Waals surface area contributed by atoms with Gasteiger partial charge < -0.3 is 14.5 Å². The zero-order chi connectivity index (χ0) is 12.1. The Kier molecular flexibility index (Phi) is 4.11. The monoisotopic (exact) mass is 254 g/mol. The lowest BCUT2D eigenvalue weighted by molar-refractivity contribution is 0.0946. The third-order valence-corrected chi connectivity index (χ3v) is 2.73. The van der Waals surface area contributed by atoms with Gasteiger partial charge in [0.15, 0.2) is 10.9 Å². The molecule has 2 N–H and O–H groups in total. The maximum absolute atomic E-state index is 11.5. The summed E-state index contributed by atoms with van der Waals surface area (Å²) in [5.41, 5.74) is 0. The van der Waals surface area contributed by atoms with Crippen LogP contribution in [0.15, 0.2) is 22.8 Å². The van der Waals surface area contributed by atoms with Crippen molar-refractivity contribution in [3.05, 3.63) is 24.2 Å². The van der Waals surface area contributed by atoms with Crippen LogP contribution in [0.2, 0.25) is 0 Å². The molecule has 2 heterocycles. The summed E-state index contributed by atoms with van der Waals surface area (Å²) in [6, 6.07) is 3.23. The summed E-state index contributed by atoms with van der Waals surface area (Å²) >= 11 is 5.00. The lowest BCUT2D eigenvalue weighted by Gasteiger charge is -2.12. The highest BCUT2D eigenvalue weighted by Gasteiger charge is 2.16. The molecule has 1 aliphatic heterocycles. The Labute approximate surface area is 105 Å². The van der Waals surface area contributed by atoms with Gasteiger partial charge in [-0.05, 0) is 37.2 Å². The Morgan fingerprint density at radius 1 is 1.59 bits per heavy atom. The molecule has 0 spiro atoms. The van der Waals surface area contributed by atoms with Crippen molar-refractivity contribution in [1.82, 2.24) is 10.6 Å². The number of thiocarbonyl (C=S) groups is 1. The van der Waals surface area contributed by atoms with Crippen LogP contribution in [0.4, 0.5) is 0 Å². The summed E-state index contributed by atoms with van der Waals surface area (Å²) in [6.45, 7) is 1.43. The number of hydrogen-bond acceptors (Lipinski definition) is 4. The molecule has 1 aromatic rings. The average molecular weight is 254 g/mol. The van der Waals surface area contributed by atoms with Gasteiger partial charge in [0.2, 0.25) is 0 Å². The number of carbonyl (C=O) groups excluding carboxylic acids is 1. The third kappa shape index (κ3) is 3.54. The number of nitrogens with one attached hydrogen (secondary N) is 2. The van der Waals surface area contributed by atoms with Crippen molar-refractivity contribution in [2.45, 2.75) is 18.9 Å². The van der Waals surface area contributed by atoms with Crippen molar-refractivity contribution >= 4 is 23.2 Å². The van der Waals surface area contributed by atoms with Gasteiger partial charge in [0.25, 0.3) is 5.91 Å². The molecule has 5 nitrogen and oxygen atoms in total. The van der Waals surface area contributed by atoms with Crippen molar-refractivity contribution in [2.75, 3.05) is 13.2 Å². The van der Waals surface area contributed by atoms with E-state index in [1.54, 1.807) is 12.1 Å². The predicted octanol–water partition coefficient (Wildman–Crippen LogP) is 1.06. The molecule has 1 aliphatic rings. The molecule has 0 saturated carbocycles. The van der Waals surface area contributed by atoms with E-state index in [1.807, 2.05) is 0 Å². The van der Waals surface area contributed by atoms with Gasteiger partial charge in [-0.25, -0.2) is 0 Å². The van der Waals surface area contributed by atoms with Crippen molar-refractivity contribution in [3.63, 3.8) is 0 Å². The van der Waals surface area contributed by atoms with Gasteiger partial charge in [-0.15, -0.1) is 0 Å². The fraction of sp³-hybridized carbons (Fsp3) is 0.455. The molecule has 0 aliphatic carbocycles. The lowest BCUT2D eigenvalue weighted by Crippen LogP contribution is -2.42. The molecule has 1 amide bonds. The SMILES string of the molecule is O=C(NC(=S)NC[C@H]1CCCO1)c1ccco1. The molecule has 1 aromatic heterocycles. The van der Waals surface area contributed by atoms with E-state index in [0.29, 0.717) is 11.7 Å². The number of amides is 1. The minimum Gasteiger partial charge on any atom is -0.459 e. The van der Waals surface area contributed by atoms with E-state index in [9.17, 15) is 4.79 Å². The van der Waals surface area contributed by atoms with Crippen LogP contribution < -0.4 is 10.6 Å². The molecule has 1 saturated heterocycles. The Morgan fingerprint density at radius 3 is 3.12 bits per heavy atom. The minimum atomic E-state index is -0.347. The maximum atomic E-state index is 11.5. The highest BCUT2D eigenvalue weighted by molar-refractivity contribution is 7.80. The average Bonchev–Trinajstić information content (AvgIpc) is 2.99. The van der Waals surface area contributed by atoms with Gasteiger partial charge in [0.05, 0.1) is 12.4 Å². The molecule has 0 unspecified atom stereocenters.